The van der Waals surface area contributed by atoms with E-state index in [1.165, 1.54) is 18.2 Å². The van der Waals surface area contributed by atoms with Crippen LogP contribution in [0.5, 0.6) is 5.75 Å². The second-order valence-corrected chi connectivity index (χ2v) is 9.91. The number of anilines is 1. The van der Waals surface area contributed by atoms with Crippen molar-refractivity contribution in [2.45, 2.75) is 45.1 Å². The van der Waals surface area contributed by atoms with E-state index in [0.29, 0.717) is 61.8 Å². The van der Waals surface area contributed by atoms with Crippen molar-refractivity contribution >= 4 is 11.9 Å². The molecule has 2 aliphatic heterocycles. The third-order valence-corrected chi connectivity index (χ3v) is 7.04. The fourth-order valence-corrected chi connectivity index (χ4v) is 5.32. The van der Waals surface area contributed by atoms with Gasteiger partial charge in [0.05, 0.1) is 12.2 Å². The van der Waals surface area contributed by atoms with Crippen molar-refractivity contribution in [1.82, 2.24) is 30.0 Å². The van der Waals surface area contributed by atoms with Gasteiger partial charge >= 0.3 is 6.36 Å². The zero-order valence-corrected chi connectivity index (χ0v) is 21.5. The van der Waals surface area contributed by atoms with Crippen LogP contribution in [0.2, 0.25) is 0 Å². The van der Waals surface area contributed by atoms with Crippen LogP contribution in [0.15, 0.2) is 36.5 Å². The van der Waals surface area contributed by atoms with Gasteiger partial charge < -0.3 is 19.9 Å². The van der Waals surface area contributed by atoms with Crippen molar-refractivity contribution in [1.29, 1.82) is 0 Å². The summed E-state index contributed by atoms with van der Waals surface area (Å²) in [4.78, 5) is 26.8. The number of hydrogen-bond donors (Lipinski definition) is 1. The molecule has 2 aromatic heterocycles. The van der Waals surface area contributed by atoms with E-state index >= 15 is 0 Å². The number of benzene rings is 1. The molecular formula is C26H30F3N7O2. The molecule has 1 amide bonds. The first-order valence-corrected chi connectivity index (χ1v) is 12.5. The van der Waals surface area contributed by atoms with Gasteiger partial charge in [-0.2, -0.15) is 5.10 Å². The molecule has 0 unspecified atom stereocenters. The summed E-state index contributed by atoms with van der Waals surface area (Å²) in [7, 11) is 1.74. The molecule has 4 heterocycles. The number of halogens is 3. The van der Waals surface area contributed by atoms with Gasteiger partial charge in [-0.05, 0) is 50.5 Å². The Balaban J connectivity index is 1.32. The minimum Gasteiger partial charge on any atom is -0.406 e. The largest absolute Gasteiger partial charge is 0.573 e. The molecule has 1 aromatic carbocycles. The van der Waals surface area contributed by atoms with E-state index in [9.17, 15) is 18.0 Å². The summed E-state index contributed by atoms with van der Waals surface area (Å²) in [5.74, 6) is 0.393. The summed E-state index contributed by atoms with van der Waals surface area (Å²) in [6.07, 6.45) is -1.81. The third-order valence-electron chi connectivity index (χ3n) is 7.04. The lowest BCUT2D eigenvalue weighted by Crippen LogP contribution is -2.67. The maximum Gasteiger partial charge on any atom is 0.573 e. The van der Waals surface area contributed by atoms with Gasteiger partial charge in [-0.15, -0.1) is 13.2 Å². The summed E-state index contributed by atoms with van der Waals surface area (Å²) in [6, 6.07) is 7.73. The van der Waals surface area contributed by atoms with Gasteiger partial charge in [0.25, 0.3) is 0 Å². The Morgan fingerprint density at radius 2 is 1.79 bits per heavy atom. The van der Waals surface area contributed by atoms with Crippen molar-refractivity contribution in [3.05, 3.63) is 53.6 Å². The zero-order chi connectivity index (χ0) is 27.1. The number of carbonyl (C=O) groups is 1. The normalized spacial score (nSPS) is 17.8. The standard InChI is InChI=1S/C26H30F3N7O2/c1-17-13-18(2)32-24(31-17)35-10-7-25(8-11-35)23(37)36(12-9-30-25)16-22-21(15-34(3)33-22)19-5-4-6-20(14-19)38-26(27,28)29/h4-6,13-15,30H,7-12,16H2,1-3H3. The van der Waals surface area contributed by atoms with Crippen molar-refractivity contribution < 1.29 is 22.7 Å². The number of ether oxygens (including phenoxy) is 1. The molecule has 202 valence electrons. The summed E-state index contributed by atoms with van der Waals surface area (Å²) in [5.41, 5.74) is 2.95. The van der Waals surface area contributed by atoms with Crippen molar-refractivity contribution in [2.24, 2.45) is 7.05 Å². The van der Waals surface area contributed by atoms with E-state index < -0.39 is 11.9 Å². The second-order valence-electron chi connectivity index (χ2n) is 9.91. The molecule has 12 heteroatoms. The minimum absolute atomic E-state index is 0.00972. The molecule has 1 spiro atoms. The third kappa shape index (κ3) is 5.45. The average Bonchev–Trinajstić information content (AvgIpc) is 3.21. The Bertz CT molecular complexity index is 1310. The summed E-state index contributed by atoms with van der Waals surface area (Å²) < 4.78 is 43.9. The highest BCUT2D eigenvalue weighted by Gasteiger charge is 2.46. The van der Waals surface area contributed by atoms with Crippen molar-refractivity contribution in [3.8, 4) is 16.9 Å². The molecule has 2 saturated heterocycles. The quantitative estimate of drug-likeness (QED) is 0.542. The van der Waals surface area contributed by atoms with Crippen molar-refractivity contribution in [3.63, 3.8) is 0 Å². The molecule has 1 N–H and O–H groups in total. The molecule has 0 aliphatic carbocycles. The van der Waals surface area contributed by atoms with Gasteiger partial charge in [-0.3, -0.25) is 9.48 Å². The Hall–Kier alpha value is -3.67. The Morgan fingerprint density at radius 3 is 2.47 bits per heavy atom. The number of alkyl halides is 3. The molecule has 0 bridgehead atoms. The smallest absolute Gasteiger partial charge is 0.406 e. The van der Waals surface area contributed by atoms with Crippen LogP contribution < -0.4 is 15.0 Å². The van der Waals surface area contributed by atoms with Crippen LogP contribution in [0.25, 0.3) is 11.1 Å². The topological polar surface area (TPSA) is 88.4 Å². The number of hydrogen-bond acceptors (Lipinski definition) is 7. The number of nitrogens with zero attached hydrogens (tertiary/aromatic N) is 6. The number of piperidine rings is 1. The second kappa shape index (κ2) is 9.90. The van der Waals surface area contributed by atoms with E-state index in [0.717, 1.165) is 11.4 Å². The molecule has 38 heavy (non-hydrogen) atoms. The monoisotopic (exact) mass is 529 g/mol. The lowest BCUT2D eigenvalue weighted by Gasteiger charge is -2.47. The van der Waals surface area contributed by atoms with E-state index in [4.69, 9.17) is 0 Å². The SMILES string of the molecule is Cc1cc(C)nc(N2CCC3(CC2)NCCN(Cc2nn(C)cc2-c2cccc(OC(F)(F)F)c2)C3=O)n1. The molecular weight excluding hydrogens is 499 g/mol. The van der Waals surface area contributed by atoms with Crippen LogP contribution in [0, 0.1) is 13.8 Å². The highest BCUT2D eigenvalue weighted by Crippen LogP contribution is 2.32. The van der Waals surface area contributed by atoms with Crippen molar-refractivity contribution in [2.75, 3.05) is 31.1 Å². The Kier molecular flexibility index (Phi) is 6.76. The summed E-state index contributed by atoms with van der Waals surface area (Å²) in [6.45, 7) is 6.60. The molecule has 9 nitrogen and oxygen atoms in total. The number of carbonyl (C=O) groups excluding carboxylic acids is 1. The van der Waals surface area contributed by atoms with Gasteiger partial charge in [0.1, 0.15) is 11.3 Å². The first-order chi connectivity index (χ1) is 18.0. The number of aromatic nitrogens is 4. The van der Waals surface area contributed by atoms with Gasteiger partial charge in [0, 0.05) is 56.4 Å². The Morgan fingerprint density at radius 1 is 1.08 bits per heavy atom. The summed E-state index contributed by atoms with van der Waals surface area (Å²) in [5, 5.41) is 8.00. The number of rotatable bonds is 5. The molecule has 3 aromatic rings. The zero-order valence-electron chi connectivity index (χ0n) is 21.5. The van der Waals surface area contributed by atoms with Crippen LogP contribution in [0.1, 0.15) is 29.9 Å². The predicted octanol–water partition coefficient (Wildman–Crippen LogP) is 3.36. The van der Waals surface area contributed by atoms with E-state index in [-0.39, 0.29) is 18.2 Å². The van der Waals surface area contributed by atoms with Gasteiger partial charge in [-0.1, -0.05) is 12.1 Å². The minimum atomic E-state index is -4.78. The molecule has 0 atom stereocenters. The number of piperazine rings is 1. The van der Waals surface area contributed by atoms with Crippen LogP contribution in [-0.2, 0) is 18.4 Å². The lowest BCUT2D eigenvalue weighted by atomic mass is 9.84. The number of amides is 1. The van der Waals surface area contributed by atoms with Crippen LogP contribution in [-0.4, -0.2) is 68.6 Å². The molecule has 5 rings (SSSR count). The van der Waals surface area contributed by atoms with E-state index in [2.05, 4.69) is 30.0 Å². The van der Waals surface area contributed by atoms with Crippen LogP contribution in [0.3, 0.4) is 0 Å². The maximum atomic E-state index is 13.8. The van der Waals surface area contributed by atoms with E-state index in [1.54, 1.807) is 28.9 Å². The molecule has 0 radical (unpaired) electrons. The van der Waals surface area contributed by atoms with Gasteiger partial charge in [0.2, 0.25) is 11.9 Å². The highest BCUT2D eigenvalue weighted by molar-refractivity contribution is 5.87. The molecule has 2 aliphatic rings. The first kappa shape index (κ1) is 26.0. The fourth-order valence-electron chi connectivity index (χ4n) is 5.32. The molecule has 0 saturated carbocycles. The Labute approximate surface area is 218 Å². The maximum absolute atomic E-state index is 13.8. The highest BCUT2D eigenvalue weighted by atomic mass is 19.4. The number of aryl methyl sites for hydroxylation is 3. The van der Waals surface area contributed by atoms with E-state index in [1.807, 2.05) is 19.9 Å². The van der Waals surface area contributed by atoms with Gasteiger partial charge in [0.15, 0.2) is 0 Å². The lowest BCUT2D eigenvalue weighted by molar-refractivity contribution is -0.274. The summed E-state index contributed by atoms with van der Waals surface area (Å²) >= 11 is 0. The fraction of sp³-hybridized carbons (Fsp3) is 0.462. The average molecular weight is 530 g/mol. The molecule has 2 fully saturated rings. The van der Waals surface area contributed by atoms with Crippen LogP contribution in [0.4, 0.5) is 19.1 Å². The predicted molar refractivity (Wildman–Crippen MR) is 134 cm³/mol. The van der Waals surface area contributed by atoms with Crippen LogP contribution >= 0.6 is 0 Å². The first-order valence-electron chi connectivity index (χ1n) is 12.5. The van der Waals surface area contributed by atoms with Gasteiger partial charge in [-0.25, -0.2) is 9.97 Å². The number of nitrogens with one attached hydrogen (secondary N) is 1.